The molecule has 0 saturated carbocycles. The van der Waals surface area contributed by atoms with Gasteiger partial charge in [0, 0.05) is 26.6 Å². The van der Waals surface area contributed by atoms with E-state index in [0.717, 1.165) is 62.0 Å². The average molecular weight is 631 g/mol. The minimum atomic E-state index is -0.684. The van der Waals surface area contributed by atoms with Crippen molar-refractivity contribution in [2.24, 2.45) is 0 Å². The first kappa shape index (κ1) is 32.3. The molecule has 3 aromatic rings. The van der Waals surface area contributed by atoms with Crippen molar-refractivity contribution in [1.82, 2.24) is 15.1 Å². The molecule has 6 nitrogen and oxygen atoms in total. The zero-order chi connectivity index (χ0) is 28.9. The lowest BCUT2D eigenvalue weighted by Crippen LogP contribution is -2.53. The van der Waals surface area contributed by atoms with E-state index in [-0.39, 0.29) is 36.4 Å². The number of halogens is 3. The molecule has 2 fully saturated rings. The third-order valence-corrected chi connectivity index (χ3v) is 9.18. The molecule has 1 atom stereocenters. The number of rotatable bonds is 9. The Morgan fingerprint density at radius 2 is 1.60 bits per heavy atom. The Morgan fingerprint density at radius 1 is 0.929 bits per heavy atom. The quantitative estimate of drug-likeness (QED) is 0.290. The van der Waals surface area contributed by atoms with Crippen LogP contribution in [0.15, 0.2) is 78.9 Å². The van der Waals surface area contributed by atoms with E-state index in [9.17, 15) is 9.59 Å². The van der Waals surface area contributed by atoms with E-state index < -0.39 is 5.60 Å². The molecule has 9 heteroatoms. The van der Waals surface area contributed by atoms with Crippen LogP contribution in [0.2, 0.25) is 10.0 Å². The number of morpholine rings is 1. The van der Waals surface area contributed by atoms with Crippen LogP contribution in [0.5, 0.6) is 0 Å². The van der Waals surface area contributed by atoms with Gasteiger partial charge in [0.1, 0.15) is 12.2 Å². The van der Waals surface area contributed by atoms with Crippen LogP contribution >= 0.6 is 35.6 Å². The zero-order valence-corrected chi connectivity index (χ0v) is 26.2. The molecular weight excluding hydrogens is 593 g/mol. The normalized spacial score (nSPS) is 20.5. The van der Waals surface area contributed by atoms with E-state index in [1.165, 1.54) is 0 Å². The topological polar surface area (TPSA) is 61.9 Å². The lowest BCUT2D eigenvalue weighted by molar-refractivity contribution is -0.168. The Balaban J connectivity index is 0.00000405. The van der Waals surface area contributed by atoms with Crippen LogP contribution in [0, 0.1) is 0 Å². The highest BCUT2D eigenvalue weighted by atomic mass is 35.5. The minimum Gasteiger partial charge on any atom is -0.359 e. The number of piperidine rings is 1. The molecule has 0 aliphatic carbocycles. The predicted molar refractivity (Wildman–Crippen MR) is 170 cm³/mol. The molecule has 224 valence electrons. The SMILES string of the molecule is CC(=O)NC1(c2ccccc2)CCN(CCCC2(c3ccc(Cl)c(Cl)c3)CN(Cc3ccccc3)C(=O)CO2)CC1.Cl. The predicted octanol–water partition coefficient (Wildman–Crippen LogP) is 6.58. The van der Waals surface area contributed by atoms with Crippen molar-refractivity contribution >= 4 is 47.4 Å². The summed E-state index contributed by atoms with van der Waals surface area (Å²) in [6.45, 7) is 5.25. The smallest absolute Gasteiger partial charge is 0.249 e. The van der Waals surface area contributed by atoms with Gasteiger partial charge in [-0.05, 0) is 61.1 Å². The number of likely N-dealkylation sites (tertiary alicyclic amines) is 1. The van der Waals surface area contributed by atoms with Crippen LogP contribution in [0.25, 0.3) is 0 Å². The van der Waals surface area contributed by atoms with Crippen molar-refractivity contribution in [3.8, 4) is 0 Å². The number of hydrogen-bond donors (Lipinski definition) is 1. The number of ether oxygens (including phenoxy) is 1. The van der Waals surface area contributed by atoms with Gasteiger partial charge >= 0.3 is 0 Å². The van der Waals surface area contributed by atoms with Crippen molar-refractivity contribution in [3.05, 3.63) is 106 Å². The largest absolute Gasteiger partial charge is 0.359 e. The number of amides is 2. The highest BCUT2D eigenvalue weighted by molar-refractivity contribution is 6.42. The van der Waals surface area contributed by atoms with E-state index in [1.54, 1.807) is 13.0 Å². The van der Waals surface area contributed by atoms with Gasteiger partial charge in [-0.15, -0.1) is 12.4 Å². The number of nitrogens with one attached hydrogen (secondary N) is 1. The van der Waals surface area contributed by atoms with E-state index in [0.29, 0.717) is 23.1 Å². The van der Waals surface area contributed by atoms with E-state index >= 15 is 0 Å². The summed E-state index contributed by atoms with van der Waals surface area (Å²) in [6.07, 6.45) is 3.32. The fraction of sp³-hybridized carbons (Fsp3) is 0.394. The van der Waals surface area contributed by atoms with Gasteiger partial charge in [0.2, 0.25) is 11.8 Å². The number of carbonyl (C=O) groups excluding carboxylic acids is 2. The molecule has 1 N–H and O–H groups in total. The molecule has 3 aromatic carbocycles. The van der Waals surface area contributed by atoms with Gasteiger partial charge in [0.25, 0.3) is 0 Å². The fourth-order valence-corrected chi connectivity index (χ4v) is 6.56. The second-order valence-corrected chi connectivity index (χ2v) is 12.0. The maximum atomic E-state index is 12.9. The molecular formula is C33H38Cl3N3O3. The summed E-state index contributed by atoms with van der Waals surface area (Å²) in [5, 5.41) is 4.23. The maximum absolute atomic E-state index is 12.9. The van der Waals surface area contributed by atoms with Crippen molar-refractivity contribution in [2.75, 3.05) is 32.8 Å². The number of benzene rings is 3. The molecule has 0 bridgehead atoms. The maximum Gasteiger partial charge on any atom is 0.249 e. The molecule has 1 unspecified atom stereocenters. The fourth-order valence-electron chi connectivity index (χ4n) is 6.26. The van der Waals surface area contributed by atoms with Crippen LogP contribution in [0.4, 0.5) is 0 Å². The van der Waals surface area contributed by atoms with E-state index in [1.807, 2.05) is 65.6 Å². The highest BCUT2D eigenvalue weighted by Gasteiger charge is 2.42. The van der Waals surface area contributed by atoms with Gasteiger partial charge in [-0.2, -0.15) is 0 Å². The summed E-state index contributed by atoms with van der Waals surface area (Å²) in [5.41, 5.74) is 2.16. The summed E-state index contributed by atoms with van der Waals surface area (Å²) >= 11 is 12.7. The number of nitrogens with zero attached hydrogens (tertiary/aromatic N) is 2. The average Bonchev–Trinajstić information content (AvgIpc) is 2.98. The second-order valence-electron chi connectivity index (χ2n) is 11.2. The lowest BCUT2D eigenvalue weighted by atomic mass is 9.80. The molecule has 2 amide bonds. The number of carbonyl (C=O) groups is 2. The standard InChI is InChI=1S/C33H37Cl2N3O3.ClH/c1-25(39)36-32(27-11-6-3-7-12-27)16-19-37(20-17-32)18-8-15-33(28-13-14-29(34)30(35)21-28)24-38(31(40)23-41-33)22-26-9-4-2-5-10-26;/h2-7,9-14,21H,8,15-20,22-24H2,1H3,(H,36,39);1H. The van der Waals surface area contributed by atoms with Gasteiger partial charge < -0.3 is 19.9 Å². The number of hydrogen-bond acceptors (Lipinski definition) is 4. The third-order valence-electron chi connectivity index (χ3n) is 8.44. The zero-order valence-electron chi connectivity index (χ0n) is 23.9. The Labute approximate surface area is 264 Å². The van der Waals surface area contributed by atoms with Gasteiger partial charge in [-0.1, -0.05) is 89.9 Å². The molecule has 2 aliphatic rings. The first-order valence-corrected chi connectivity index (χ1v) is 15.0. The Morgan fingerprint density at radius 3 is 2.24 bits per heavy atom. The van der Waals surface area contributed by atoms with Crippen molar-refractivity contribution in [3.63, 3.8) is 0 Å². The third kappa shape index (κ3) is 7.47. The van der Waals surface area contributed by atoms with E-state index in [4.69, 9.17) is 27.9 Å². The summed E-state index contributed by atoms with van der Waals surface area (Å²) in [6, 6.07) is 26.0. The summed E-state index contributed by atoms with van der Waals surface area (Å²) < 4.78 is 6.39. The van der Waals surface area contributed by atoms with Crippen molar-refractivity contribution in [1.29, 1.82) is 0 Å². The molecule has 5 rings (SSSR count). The van der Waals surface area contributed by atoms with Crippen molar-refractivity contribution in [2.45, 2.75) is 50.3 Å². The molecule has 2 aliphatic heterocycles. The molecule has 0 radical (unpaired) electrons. The lowest BCUT2D eigenvalue weighted by Gasteiger charge is -2.44. The first-order valence-electron chi connectivity index (χ1n) is 14.3. The molecule has 42 heavy (non-hydrogen) atoms. The summed E-state index contributed by atoms with van der Waals surface area (Å²) in [4.78, 5) is 29.4. The molecule has 2 saturated heterocycles. The van der Waals surface area contributed by atoms with Crippen molar-refractivity contribution < 1.29 is 14.3 Å². The summed E-state index contributed by atoms with van der Waals surface area (Å²) in [7, 11) is 0. The first-order chi connectivity index (χ1) is 19.8. The van der Waals surface area contributed by atoms with Gasteiger partial charge in [0.15, 0.2) is 0 Å². The Hall–Kier alpha value is -2.61. The minimum absolute atomic E-state index is 0. The highest BCUT2D eigenvalue weighted by Crippen LogP contribution is 2.39. The second kappa shape index (κ2) is 14.2. The Kier molecular flexibility index (Phi) is 11.0. The van der Waals surface area contributed by atoms with Crippen LogP contribution in [0.3, 0.4) is 0 Å². The molecule has 0 aromatic heterocycles. The molecule has 0 spiro atoms. The summed E-state index contributed by atoms with van der Waals surface area (Å²) in [5.74, 6) is -0.0225. The Bertz CT molecular complexity index is 1350. The van der Waals surface area contributed by atoms with Crippen LogP contribution in [0.1, 0.15) is 49.3 Å². The van der Waals surface area contributed by atoms with Gasteiger partial charge in [-0.25, -0.2) is 0 Å². The van der Waals surface area contributed by atoms with Gasteiger partial charge in [-0.3, -0.25) is 9.59 Å². The molecule has 2 heterocycles. The van der Waals surface area contributed by atoms with Crippen LogP contribution in [-0.4, -0.2) is 54.4 Å². The van der Waals surface area contributed by atoms with Gasteiger partial charge in [0.05, 0.1) is 22.1 Å². The van der Waals surface area contributed by atoms with Crippen LogP contribution in [-0.2, 0) is 32.0 Å². The van der Waals surface area contributed by atoms with E-state index in [2.05, 4.69) is 22.3 Å². The van der Waals surface area contributed by atoms with Crippen LogP contribution < -0.4 is 5.32 Å². The monoisotopic (exact) mass is 629 g/mol.